The van der Waals surface area contributed by atoms with Gasteiger partial charge in [-0.3, -0.25) is 0 Å². The molecule has 0 saturated carbocycles. The third-order valence-corrected chi connectivity index (χ3v) is 7.23. The summed E-state index contributed by atoms with van der Waals surface area (Å²) >= 11 is 0. The minimum Gasteiger partial charge on any atom is -0.311 e. The Kier molecular flexibility index (Phi) is 3.88. The molecule has 0 N–H and O–H groups in total. The van der Waals surface area contributed by atoms with Crippen molar-refractivity contribution in [3.05, 3.63) is 82.6 Å². The van der Waals surface area contributed by atoms with Gasteiger partial charge in [0.15, 0.2) is 6.20 Å². The number of benzene rings is 3. The monoisotopic (exact) mass is 434 g/mol. The summed E-state index contributed by atoms with van der Waals surface area (Å²) in [6.45, 7) is 15.9. The quantitative estimate of drug-likeness (QED) is 0.123. The highest BCUT2D eigenvalue weighted by Gasteiger charge is 2.27. The fourth-order valence-electron chi connectivity index (χ4n) is 5.58. The van der Waals surface area contributed by atoms with E-state index in [2.05, 4.69) is 65.2 Å². The largest absolute Gasteiger partial charge is 0.311 e. The van der Waals surface area contributed by atoms with E-state index >= 15 is 0 Å². The zero-order chi connectivity index (χ0) is 23.2. The molecular formula is C29H25FN3+. The Morgan fingerprint density at radius 1 is 1.00 bits per heavy atom. The van der Waals surface area contributed by atoms with Gasteiger partial charge < -0.3 is 9.25 Å². The van der Waals surface area contributed by atoms with Crippen molar-refractivity contribution in [2.75, 3.05) is 0 Å². The van der Waals surface area contributed by atoms with E-state index in [0.29, 0.717) is 6.42 Å². The van der Waals surface area contributed by atoms with E-state index in [0.717, 1.165) is 38.3 Å². The smallest absolute Gasteiger partial charge is 0.231 e. The van der Waals surface area contributed by atoms with E-state index in [1.807, 2.05) is 19.9 Å². The van der Waals surface area contributed by atoms with Crippen molar-refractivity contribution < 1.29 is 8.96 Å². The lowest BCUT2D eigenvalue weighted by Crippen LogP contribution is -2.29. The van der Waals surface area contributed by atoms with Crippen LogP contribution in [0.4, 0.5) is 4.39 Å². The molecule has 3 aromatic heterocycles. The Morgan fingerprint density at radius 3 is 2.55 bits per heavy atom. The van der Waals surface area contributed by atoms with Crippen LogP contribution in [-0.4, -0.2) is 9.94 Å². The van der Waals surface area contributed by atoms with Crippen molar-refractivity contribution in [3.8, 4) is 0 Å². The first-order valence-electron chi connectivity index (χ1n) is 11.3. The van der Waals surface area contributed by atoms with Crippen molar-refractivity contribution in [2.24, 2.45) is 7.05 Å². The summed E-state index contributed by atoms with van der Waals surface area (Å²) < 4.78 is 19.0. The van der Waals surface area contributed by atoms with E-state index in [9.17, 15) is 4.39 Å². The summed E-state index contributed by atoms with van der Waals surface area (Å²) in [5, 5.41) is 5.75. The van der Waals surface area contributed by atoms with Crippen molar-refractivity contribution in [1.29, 1.82) is 0 Å². The second-order valence-electron chi connectivity index (χ2n) is 10.0. The molecule has 33 heavy (non-hydrogen) atoms. The first-order valence-corrected chi connectivity index (χ1v) is 11.3. The van der Waals surface area contributed by atoms with Crippen molar-refractivity contribution >= 4 is 49.0 Å². The molecule has 3 aromatic carbocycles. The molecule has 162 valence electrons. The molecule has 3 heterocycles. The van der Waals surface area contributed by atoms with E-state index in [4.69, 9.17) is 6.57 Å². The molecule has 0 bridgehead atoms. The standard InChI is InChI=1S/C29H25FN3/c1-16-11-22-21-8-7-20(30)14-23(21)33-24-13-18(15-29(3,4)31-5)12-19-9-10-32(6)28(26(19)24)25(17(16)2)27(22)33/h7-14H,15H2,1-4,6H3/q+1. The van der Waals surface area contributed by atoms with Gasteiger partial charge >= 0.3 is 0 Å². The molecular weight excluding hydrogens is 409 g/mol. The summed E-state index contributed by atoms with van der Waals surface area (Å²) in [4.78, 5) is 3.83. The Bertz CT molecular complexity index is 1820. The van der Waals surface area contributed by atoms with Crippen LogP contribution in [0.1, 0.15) is 30.5 Å². The minimum atomic E-state index is -0.483. The lowest BCUT2D eigenvalue weighted by molar-refractivity contribution is -0.643. The maximum Gasteiger partial charge on any atom is 0.231 e. The van der Waals surface area contributed by atoms with Crippen molar-refractivity contribution in [3.63, 3.8) is 0 Å². The molecule has 0 saturated heterocycles. The number of hydrogen-bond acceptors (Lipinski definition) is 0. The first-order chi connectivity index (χ1) is 15.7. The van der Waals surface area contributed by atoms with Gasteiger partial charge in [0.25, 0.3) is 0 Å². The van der Waals surface area contributed by atoms with Gasteiger partial charge in [0.2, 0.25) is 11.1 Å². The van der Waals surface area contributed by atoms with Gasteiger partial charge in [0.1, 0.15) is 12.9 Å². The molecule has 0 aliphatic heterocycles. The molecule has 0 fully saturated rings. The van der Waals surface area contributed by atoms with Crippen LogP contribution in [-0.2, 0) is 13.5 Å². The Labute approximate surface area is 191 Å². The first kappa shape index (κ1) is 19.9. The third-order valence-electron chi connectivity index (χ3n) is 7.23. The van der Waals surface area contributed by atoms with E-state index < -0.39 is 5.54 Å². The summed E-state index contributed by atoms with van der Waals surface area (Å²) in [5.74, 6) is -0.234. The molecule has 0 aliphatic carbocycles. The number of halogens is 1. The topological polar surface area (TPSA) is 12.7 Å². The molecule has 0 spiro atoms. The second-order valence-corrected chi connectivity index (χ2v) is 10.0. The Morgan fingerprint density at radius 2 is 1.79 bits per heavy atom. The highest BCUT2D eigenvalue weighted by atomic mass is 19.1. The maximum absolute atomic E-state index is 14.5. The fraction of sp³-hybridized carbons (Fsp3) is 0.241. The maximum atomic E-state index is 14.5. The number of aryl methyl sites for hydroxylation is 3. The van der Waals surface area contributed by atoms with Crippen molar-refractivity contribution in [2.45, 2.75) is 39.7 Å². The van der Waals surface area contributed by atoms with Crippen LogP contribution >= 0.6 is 0 Å². The van der Waals surface area contributed by atoms with Crippen LogP contribution in [0.25, 0.3) is 53.8 Å². The molecule has 4 heteroatoms. The average molecular weight is 435 g/mol. The average Bonchev–Trinajstić information content (AvgIpc) is 3.08. The molecule has 0 radical (unpaired) electrons. The Balaban J connectivity index is 1.96. The van der Waals surface area contributed by atoms with Gasteiger partial charge in [-0.2, -0.15) is 0 Å². The molecule has 6 rings (SSSR count). The van der Waals surface area contributed by atoms with Crippen LogP contribution in [0.5, 0.6) is 0 Å². The number of nitrogens with zero attached hydrogens (tertiary/aromatic N) is 3. The molecule has 0 atom stereocenters. The van der Waals surface area contributed by atoms with Crippen LogP contribution in [0.15, 0.2) is 48.7 Å². The number of pyridine rings is 2. The van der Waals surface area contributed by atoms with Crippen LogP contribution in [0.2, 0.25) is 0 Å². The zero-order valence-electron chi connectivity index (χ0n) is 19.5. The predicted octanol–water partition coefficient (Wildman–Crippen LogP) is 6.81. The van der Waals surface area contributed by atoms with Crippen LogP contribution in [0, 0.1) is 26.2 Å². The fourth-order valence-corrected chi connectivity index (χ4v) is 5.58. The molecule has 3 nitrogen and oxygen atoms in total. The number of rotatable bonds is 2. The van der Waals surface area contributed by atoms with E-state index in [-0.39, 0.29) is 5.82 Å². The lowest BCUT2D eigenvalue weighted by Gasteiger charge is -2.16. The SMILES string of the molecule is [C-]#[N+]C(C)(C)Cc1cc2cc[n+](C)c3c4c(C)c(C)cc5c6ccc(F)cc6n(c(c1)c23)c54. The summed E-state index contributed by atoms with van der Waals surface area (Å²) in [6.07, 6.45) is 2.78. The number of hydrogen-bond donors (Lipinski definition) is 0. The molecule has 6 aromatic rings. The highest BCUT2D eigenvalue weighted by Crippen LogP contribution is 2.42. The number of aromatic nitrogens is 2. The predicted molar refractivity (Wildman–Crippen MR) is 134 cm³/mol. The normalized spacial score (nSPS) is 12.6. The molecule has 0 amide bonds. The van der Waals surface area contributed by atoms with Gasteiger partial charge in [-0.15, -0.1) is 0 Å². The zero-order valence-corrected chi connectivity index (χ0v) is 19.5. The van der Waals surface area contributed by atoms with E-state index in [1.165, 1.54) is 27.4 Å². The van der Waals surface area contributed by atoms with Gasteiger partial charge in [-0.05, 0) is 66.3 Å². The summed E-state index contributed by atoms with van der Waals surface area (Å²) in [6, 6.07) is 13.9. The van der Waals surface area contributed by atoms with Crippen LogP contribution in [0.3, 0.4) is 0 Å². The third kappa shape index (κ3) is 2.63. The molecule has 0 aliphatic rings. The summed E-state index contributed by atoms with van der Waals surface area (Å²) in [7, 11) is 2.10. The summed E-state index contributed by atoms with van der Waals surface area (Å²) in [5.41, 5.74) is 7.40. The van der Waals surface area contributed by atoms with Crippen LogP contribution < -0.4 is 4.57 Å². The van der Waals surface area contributed by atoms with E-state index in [1.54, 1.807) is 12.1 Å². The van der Waals surface area contributed by atoms with Gasteiger partial charge in [0, 0.05) is 30.7 Å². The van der Waals surface area contributed by atoms with Gasteiger partial charge in [0.05, 0.1) is 33.7 Å². The highest BCUT2D eigenvalue weighted by molar-refractivity contribution is 6.26. The second kappa shape index (κ2) is 6.42. The Hall–Kier alpha value is -3.71. The van der Waals surface area contributed by atoms with Gasteiger partial charge in [-0.25, -0.2) is 15.5 Å². The minimum absolute atomic E-state index is 0.234. The van der Waals surface area contributed by atoms with Crippen molar-refractivity contribution in [1.82, 2.24) is 4.40 Å². The van der Waals surface area contributed by atoms with Gasteiger partial charge in [-0.1, -0.05) is 6.07 Å². The lowest BCUT2D eigenvalue weighted by atomic mass is 9.92. The molecule has 0 unspecified atom stereocenters. The number of fused-ring (bicyclic) bond motifs is 5.